The van der Waals surface area contributed by atoms with Gasteiger partial charge in [0.05, 0.1) is 30.4 Å². The summed E-state index contributed by atoms with van der Waals surface area (Å²) in [6.07, 6.45) is 7.62. The molecule has 3 rings (SSSR count). The van der Waals surface area contributed by atoms with Crippen LogP contribution in [0.15, 0.2) is 24.8 Å². The molecule has 0 aromatic carbocycles. The number of ether oxygens (including phenoxy) is 1. The number of nitrogens with zero attached hydrogens (tertiary/aromatic N) is 4. The first-order valence-corrected chi connectivity index (χ1v) is 7.06. The van der Waals surface area contributed by atoms with Crippen LogP contribution in [0.2, 0.25) is 0 Å². The molecular weight excluding hydrogens is 254 g/mol. The molecule has 2 unspecified atom stereocenters. The molecule has 2 aromatic heterocycles. The van der Waals surface area contributed by atoms with E-state index in [1.54, 1.807) is 0 Å². The first kappa shape index (κ1) is 13.3. The normalized spacial score (nSPS) is 20.4. The third-order valence-corrected chi connectivity index (χ3v) is 3.94. The molecule has 3 heterocycles. The Balaban J connectivity index is 1.66. The van der Waals surface area contributed by atoms with Gasteiger partial charge in [-0.15, -0.1) is 0 Å². The molecule has 0 radical (unpaired) electrons. The number of aryl methyl sites for hydroxylation is 3. The van der Waals surface area contributed by atoms with Crippen LogP contribution in [0.4, 0.5) is 0 Å². The summed E-state index contributed by atoms with van der Waals surface area (Å²) in [4.78, 5) is 4.25. The second kappa shape index (κ2) is 5.76. The van der Waals surface area contributed by atoms with Crippen molar-refractivity contribution in [1.82, 2.24) is 19.3 Å². The lowest BCUT2D eigenvalue weighted by molar-refractivity contribution is 0.180. The second-order valence-corrected chi connectivity index (χ2v) is 5.39. The van der Waals surface area contributed by atoms with Gasteiger partial charge in [-0.25, -0.2) is 4.98 Å². The van der Waals surface area contributed by atoms with E-state index in [0.717, 1.165) is 44.0 Å². The molecule has 0 aliphatic carbocycles. The minimum Gasteiger partial charge on any atom is -0.381 e. The predicted octanol–water partition coefficient (Wildman–Crippen LogP) is 0.896. The average molecular weight is 275 g/mol. The molecule has 2 N–H and O–H groups in total. The van der Waals surface area contributed by atoms with Crippen LogP contribution >= 0.6 is 0 Å². The summed E-state index contributed by atoms with van der Waals surface area (Å²) in [5, 5.41) is 4.39. The van der Waals surface area contributed by atoms with Crippen molar-refractivity contribution in [1.29, 1.82) is 0 Å². The van der Waals surface area contributed by atoms with Crippen molar-refractivity contribution in [2.75, 3.05) is 13.2 Å². The number of aromatic nitrogens is 4. The first-order valence-electron chi connectivity index (χ1n) is 7.06. The largest absolute Gasteiger partial charge is 0.381 e. The van der Waals surface area contributed by atoms with Gasteiger partial charge in [0.15, 0.2) is 0 Å². The maximum atomic E-state index is 6.36. The van der Waals surface area contributed by atoms with Crippen LogP contribution in [0.1, 0.15) is 23.9 Å². The van der Waals surface area contributed by atoms with Crippen LogP contribution in [0, 0.1) is 5.92 Å². The maximum absolute atomic E-state index is 6.36. The van der Waals surface area contributed by atoms with E-state index in [-0.39, 0.29) is 6.04 Å². The number of hydrogen-bond donors (Lipinski definition) is 1. The van der Waals surface area contributed by atoms with E-state index < -0.39 is 0 Å². The Hall–Kier alpha value is -1.66. The molecule has 20 heavy (non-hydrogen) atoms. The Morgan fingerprint density at radius 3 is 3.15 bits per heavy atom. The van der Waals surface area contributed by atoms with Crippen molar-refractivity contribution in [3.63, 3.8) is 0 Å². The zero-order valence-corrected chi connectivity index (χ0v) is 11.8. The van der Waals surface area contributed by atoms with Crippen LogP contribution in [0.3, 0.4) is 0 Å². The van der Waals surface area contributed by atoms with E-state index in [0.29, 0.717) is 5.92 Å². The molecule has 1 aliphatic heterocycles. The van der Waals surface area contributed by atoms with Crippen molar-refractivity contribution < 1.29 is 4.74 Å². The Kier molecular flexibility index (Phi) is 3.84. The van der Waals surface area contributed by atoms with Gasteiger partial charge in [-0.2, -0.15) is 5.10 Å². The van der Waals surface area contributed by atoms with Crippen molar-refractivity contribution in [3.05, 3.63) is 36.2 Å². The third kappa shape index (κ3) is 2.76. The quantitative estimate of drug-likeness (QED) is 0.880. The molecule has 6 heteroatoms. The van der Waals surface area contributed by atoms with Gasteiger partial charge in [-0.1, -0.05) is 0 Å². The highest BCUT2D eigenvalue weighted by Crippen LogP contribution is 2.26. The molecule has 1 saturated heterocycles. The van der Waals surface area contributed by atoms with Gasteiger partial charge < -0.3 is 15.0 Å². The molecular formula is C14H21N5O. The van der Waals surface area contributed by atoms with Gasteiger partial charge >= 0.3 is 0 Å². The fourth-order valence-electron chi connectivity index (χ4n) is 2.70. The first-order chi connectivity index (χ1) is 9.74. The van der Waals surface area contributed by atoms with Gasteiger partial charge in [0.2, 0.25) is 0 Å². The lowest BCUT2D eigenvalue weighted by Crippen LogP contribution is -2.24. The molecule has 0 bridgehead atoms. The highest BCUT2D eigenvalue weighted by Gasteiger charge is 2.26. The summed E-state index contributed by atoms with van der Waals surface area (Å²) in [6, 6.07) is 2.05. The highest BCUT2D eigenvalue weighted by molar-refractivity contribution is 5.08. The Bertz CT molecular complexity index is 555. The zero-order chi connectivity index (χ0) is 13.9. The monoisotopic (exact) mass is 275 g/mol. The highest BCUT2D eigenvalue weighted by atomic mass is 16.5. The van der Waals surface area contributed by atoms with E-state index >= 15 is 0 Å². The lowest BCUT2D eigenvalue weighted by atomic mass is 9.97. The van der Waals surface area contributed by atoms with Gasteiger partial charge in [0.1, 0.15) is 0 Å². The summed E-state index contributed by atoms with van der Waals surface area (Å²) in [5.74, 6) is 0.403. The molecule has 2 atom stereocenters. The van der Waals surface area contributed by atoms with Crippen molar-refractivity contribution in [3.8, 4) is 0 Å². The van der Waals surface area contributed by atoms with Gasteiger partial charge in [-0.3, -0.25) is 4.68 Å². The van der Waals surface area contributed by atoms with Crippen LogP contribution in [-0.4, -0.2) is 32.5 Å². The molecule has 108 valence electrons. The van der Waals surface area contributed by atoms with E-state index in [1.165, 1.54) is 0 Å². The van der Waals surface area contributed by atoms with Gasteiger partial charge in [-0.05, 0) is 12.5 Å². The number of hydrogen-bond acceptors (Lipinski definition) is 4. The summed E-state index contributed by atoms with van der Waals surface area (Å²) in [7, 11) is 1.93. The average Bonchev–Trinajstić information content (AvgIpc) is 3.17. The smallest absolute Gasteiger partial charge is 0.0948 e. The van der Waals surface area contributed by atoms with Crippen LogP contribution in [0.5, 0.6) is 0 Å². The lowest BCUT2D eigenvalue weighted by Gasteiger charge is -2.19. The standard InChI is InChI=1S/C14H21N5O/c1-18-5-2-12(17-18)3-6-19-10-16-8-13(19)14(15)11-4-7-20-9-11/h2,5,8,10-11,14H,3-4,6-7,9,15H2,1H3. The topological polar surface area (TPSA) is 70.9 Å². The minimum absolute atomic E-state index is 0.00346. The Labute approximate surface area is 118 Å². The van der Waals surface area contributed by atoms with E-state index in [2.05, 4.69) is 14.6 Å². The number of imidazole rings is 1. The third-order valence-electron chi connectivity index (χ3n) is 3.94. The van der Waals surface area contributed by atoms with Gasteiger partial charge in [0.25, 0.3) is 0 Å². The van der Waals surface area contributed by atoms with E-state index in [4.69, 9.17) is 10.5 Å². The van der Waals surface area contributed by atoms with Crippen molar-refractivity contribution in [2.45, 2.75) is 25.4 Å². The zero-order valence-electron chi connectivity index (χ0n) is 11.8. The molecule has 0 saturated carbocycles. The molecule has 1 aliphatic rings. The van der Waals surface area contributed by atoms with Crippen LogP contribution in [0.25, 0.3) is 0 Å². The summed E-state index contributed by atoms with van der Waals surface area (Å²) in [6.45, 7) is 2.43. The van der Waals surface area contributed by atoms with Crippen molar-refractivity contribution in [2.24, 2.45) is 18.7 Å². The predicted molar refractivity (Wildman–Crippen MR) is 75.0 cm³/mol. The fraction of sp³-hybridized carbons (Fsp3) is 0.571. The minimum atomic E-state index is 0.00346. The second-order valence-electron chi connectivity index (χ2n) is 5.39. The van der Waals surface area contributed by atoms with E-state index in [1.807, 2.05) is 36.5 Å². The molecule has 0 spiro atoms. The number of nitrogens with two attached hydrogens (primary N) is 1. The molecule has 0 amide bonds. The Morgan fingerprint density at radius 2 is 2.45 bits per heavy atom. The molecule has 6 nitrogen and oxygen atoms in total. The van der Waals surface area contributed by atoms with Crippen LogP contribution < -0.4 is 5.73 Å². The SMILES string of the molecule is Cn1ccc(CCn2cncc2C(N)C2CCOC2)n1. The van der Waals surface area contributed by atoms with Gasteiger partial charge in [0, 0.05) is 44.9 Å². The maximum Gasteiger partial charge on any atom is 0.0948 e. The Morgan fingerprint density at radius 1 is 1.55 bits per heavy atom. The summed E-state index contributed by atoms with van der Waals surface area (Å²) >= 11 is 0. The van der Waals surface area contributed by atoms with Crippen LogP contribution in [-0.2, 0) is 24.8 Å². The molecule has 1 fully saturated rings. The summed E-state index contributed by atoms with van der Waals surface area (Å²) in [5.41, 5.74) is 8.54. The van der Waals surface area contributed by atoms with Crippen molar-refractivity contribution >= 4 is 0 Å². The summed E-state index contributed by atoms with van der Waals surface area (Å²) < 4.78 is 9.39. The molecule has 2 aromatic rings. The fourth-order valence-corrected chi connectivity index (χ4v) is 2.70. The van der Waals surface area contributed by atoms with E-state index in [9.17, 15) is 0 Å². The number of rotatable bonds is 5.